The molecule has 24 heteroatoms. The first-order chi connectivity index (χ1) is 26.8. The summed E-state index contributed by atoms with van der Waals surface area (Å²) in [5, 5.41) is 43.6. The van der Waals surface area contributed by atoms with Gasteiger partial charge in [-0.05, 0) is 49.2 Å². The first-order valence-electron chi connectivity index (χ1n) is 16.3. The van der Waals surface area contributed by atoms with E-state index in [2.05, 4.69) is 20.6 Å². The van der Waals surface area contributed by atoms with Crippen LogP contribution in [0, 0.1) is 0 Å². The van der Waals surface area contributed by atoms with E-state index < -0.39 is 41.4 Å². The largest absolute Gasteiger partial charge is 0.497 e. The Morgan fingerprint density at radius 2 is 0.966 bits per heavy atom. The van der Waals surface area contributed by atoms with Crippen LogP contribution in [0.5, 0.6) is 17.4 Å². The van der Waals surface area contributed by atoms with Gasteiger partial charge in [-0.15, -0.1) is 10.2 Å². The van der Waals surface area contributed by atoms with Crippen molar-refractivity contribution in [1.82, 2.24) is 30.0 Å². The second-order valence-corrected chi connectivity index (χ2v) is 10.3. The van der Waals surface area contributed by atoms with Crippen molar-refractivity contribution in [1.29, 1.82) is 0 Å². The Morgan fingerprint density at radius 1 is 0.610 bits per heavy atom. The van der Waals surface area contributed by atoms with Crippen LogP contribution < -0.4 is 19.8 Å². The maximum atomic E-state index is 12.0. The van der Waals surface area contributed by atoms with E-state index in [0.717, 1.165) is 50.3 Å². The minimum atomic E-state index is -0.833. The summed E-state index contributed by atoms with van der Waals surface area (Å²) in [6.45, 7) is 8.92. The summed E-state index contributed by atoms with van der Waals surface area (Å²) in [5.74, 6) is -2.81. The average molecular weight is 1010 g/mol. The average Bonchev–Trinajstić information content (AvgIpc) is 3.70. The Morgan fingerprint density at radius 3 is 1.31 bits per heavy atom. The molecule has 2 aromatic heterocycles. The van der Waals surface area contributed by atoms with Crippen molar-refractivity contribution >= 4 is 35.8 Å². The molecule has 0 atom stereocenters. The number of esters is 2. The second-order valence-electron chi connectivity index (χ2n) is 10.3. The molecule has 5 N–H and O–H groups in total. The molecule has 0 amide bonds. The molecular weight excluding hydrogens is 966 g/mol. The smallest absolute Gasteiger partial charge is 0.364 e. The summed E-state index contributed by atoms with van der Waals surface area (Å²) >= 11 is 0. The second kappa shape index (κ2) is 34.1. The molecule has 59 heavy (non-hydrogen) atoms. The number of H-pyrrole nitrogens is 1. The molecule has 2 radical (unpaired) electrons. The maximum Gasteiger partial charge on any atom is 0.364 e. The van der Waals surface area contributed by atoms with Gasteiger partial charge in [0.15, 0.2) is 0 Å². The topological polar surface area (TPSA) is 311 Å². The summed E-state index contributed by atoms with van der Waals surface area (Å²) < 4.78 is 27.8. The number of ether oxygens (including phenoxy) is 5. The van der Waals surface area contributed by atoms with Gasteiger partial charge < -0.3 is 44.1 Å². The molecule has 0 unspecified atom stereocenters. The normalized spacial score (nSPS) is 8.83. The minimum absolute atomic E-state index is 0. The van der Waals surface area contributed by atoms with Crippen molar-refractivity contribution < 1.29 is 112 Å². The molecule has 0 aliphatic carbocycles. The van der Waals surface area contributed by atoms with E-state index in [1.807, 2.05) is 36.4 Å². The van der Waals surface area contributed by atoms with Crippen LogP contribution in [0.15, 0.2) is 53.3 Å². The molecule has 2 heterocycles. The Kier molecular flexibility index (Phi) is 34.5. The van der Waals surface area contributed by atoms with Crippen molar-refractivity contribution in [2.24, 2.45) is 0 Å². The van der Waals surface area contributed by atoms with Gasteiger partial charge in [0.25, 0.3) is 23.9 Å². The number of carboxylic acids is 4. The van der Waals surface area contributed by atoms with E-state index in [0.29, 0.717) is 6.54 Å². The van der Waals surface area contributed by atoms with E-state index in [9.17, 15) is 14.4 Å². The van der Waals surface area contributed by atoms with Gasteiger partial charge in [-0.25, -0.2) is 24.2 Å². The third-order valence-electron chi connectivity index (χ3n) is 5.54. The Bertz CT molecular complexity index is 1830. The number of carbonyl (C=O) groups is 6. The Labute approximate surface area is 364 Å². The predicted molar refractivity (Wildman–Crippen MR) is 199 cm³/mol. The summed E-state index contributed by atoms with van der Waals surface area (Å²) in [4.78, 5) is 71.2. The molecule has 2 aromatic carbocycles. The minimum Gasteiger partial charge on any atom is -0.497 e. The van der Waals surface area contributed by atoms with Crippen LogP contribution in [0.25, 0.3) is 0 Å². The van der Waals surface area contributed by atoms with Gasteiger partial charge in [-0.1, -0.05) is 29.5 Å². The van der Waals surface area contributed by atoms with E-state index in [1.54, 1.807) is 40.2 Å². The monoisotopic (exact) mass is 1010 g/mol. The SMILES string of the molecule is CC(=O)O.CC(=O)O.CC(=O)O.CC(=O)O.CCOC(=O)c1n[nH]n(Cc2ccc(OC)cc2)c1=O.CCOC(=O)c1nnn(Cc2ccc(OC)cc2)c1OC.[Rh].[Rh]. The van der Waals surface area contributed by atoms with Crippen LogP contribution in [-0.4, -0.2) is 121 Å². The zero-order valence-electron chi connectivity index (χ0n) is 33.5. The number of carbonyl (C=O) groups excluding carboxylic acids is 2. The first kappa shape index (κ1) is 59.7. The van der Waals surface area contributed by atoms with Gasteiger partial charge in [0.1, 0.15) is 11.5 Å². The maximum absolute atomic E-state index is 12.0. The fourth-order valence-corrected chi connectivity index (χ4v) is 3.53. The number of aromatic nitrogens is 6. The molecule has 332 valence electrons. The van der Waals surface area contributed by atoms with Gasteiger partial charge in [0.05, 0.1) is 47.6 Å². The van der Waals surface area contributed by atoms with Crippen molar-refractivity contribution in [3.63, 3.8) is 0 Å². The number of aliphatic carboxylic acids is 4. The number of nitrogens with zero attached hydrogens (tertiary/aromatic N) is 5. The number of benzene rings is 2. The number of nitrogens with one attached hydrogen (secondary N) is 1. The van der Waals surface area contributed by atoms with Crippen LogP contribution in [0.4, 0.5) is 0 Å². The summed E-state index contributed by atoms with van der Waals surface area (Å²) in [7, 11) is 4.66. The molecule has 0 fully saturated rings. The number of carboxylic acid groups (broad SMARTS) is 4. The third-order valence-corrected chi connectivity index (χ3v) is 5.54. The number of rotatable bonds is 11. The molecule has 0 aliphatic rings. The molecular formula is C35H48N6O16Rh2. The van der Waals surface area contributed by atoms with Crippen LogP contribution in [0.1, 0.15) is 73.6 Å². The Balaban J connectivity index is -0.000000367. The molecule has 22 nitrogen and oxygen atoms in total. The third kappa shape index (κ3) is 28.1. The van der Waals surface area contributed by atoms with Crippen LogP contribution >= 0.6 is 0 Å². The van der Waals surface area contributed by atoms with Gasteiger partial charge in [0, 0.05) is 66.7 Å². The standard InChI is InChI=1S/C14H17N3O4.C13H15N3O4.4C2H4O2.2Rh/c1-4-21-14(18)12-13(20-3)17(16-15-12)9-10-5-7-11(19-2)8-6-10;1-3-20-13(18)11-12(17)16(15-14-11)8-9-4-6-10(19-2)7-5-9;4*1-2(3)4;;/h5-8H,4,9H2,1-3H3;4-7,15H,3,8H2,1-2H3;4*1H3,(H,3,4);;. The van der Waals surface area contributed by atoms with Crippen LogP contribution in [0.2, 0.25) is 0 Å². The van der Waals surface area contributed by atoms with E-state index >= 15 is 0 Å². The van der Waals surface area contributed by atoms with Crippen LogP contribution in [-0.2, 0) is 80.7 Å². The van der Waals surface area contributed by atoms with Crippen LogP contribution in [0.3, 0.4) is 0 Å². The molecule has 0 saturated carbocycles. The first-order valence-corrected chi connectivity index (χ1v) is 16.3. The summed E-state index contributed by atoms with van der Waals surface area (Å²) in [5.41, 5.74) is 1.20. The molecule has 4 aromatic rings. The molecule has 0 saturated heterocycles. The molecule has 0 bridgehead atoms. The summed E-state index contributed by atoms with van der Waals surface area (Å²) in [6.07, 6.45) is 0. The van der Waals surface area contributed by atoms with Gasteiger partial charge in [0.2, 0.25) is 17.3 Å². The quantitative estimate of drug-likeness (QED) is 0.107. The molecule has 4 rings (SSSR count). The van der Waals surface area contributed by atoms with E-state index in [-0.39, 0.29) is 76.0 Å². The van der Waals surface area contributed by atoms with E-state index in [4.69, 9.17) is 63.3 Å². The Hall–Kier alpha value is -6.01. The number of hydrogen-bond donors (Lipinski definition) is 5. The number of methoxy groups -OCH3 is 3. The van der Waals surface area contributed by atoms with Gasteiger partial charge >= 0.3 is 17.5 Å². The van der Waals surface area contributed by atoms with Crippen molar-refractivity contribution in [3.05, 3.63) is 81.4 Å². The van der Waals surface area contributed by atoms with Crippen molar-refractivity contribution in [2.75, 3.05) is 34.5 Å². The molecule has 0 aliphatic heterocycles. The fourth-order valence-electron chi connectivity index (χ4n) is 3.53. The zero-order valence-corrected chi connectivity index (χ0v) is 36.8. The van der Waals surface area contributed by atoms with E-state index in [1.165, 1.54) is 16.5 Å². The van der Waals surface area contributed by atoms with Gasteiger partial charge in [-0.2, -0.15) is 0 Å². The number of aromatic amines is 1. The number of hydrogen-bond acceptors (Lipinski definition) is 15. The van der Waals surface area contributed by atoms with Crippen molar-refractivity contribution in [2.45, 2.75) is 54.6 Å². The zero-order chi connectivity index (χ0) is 44.1. The van der Waals surface area contributed by atoms with Gasteiger partial charge in [-0.3, -0.25) is 24.0 Å². The van der Waals surface area contributed by atoms with Crippen molar-refractivity contribution in [3.8, 4) is 17.4 Å². The fraction of sp³-hybridized carbons (Fsp3) is 0.371. The molecule has 0 spiro atoms. The summed E-state index contributed by atoms with van der Waals surface area (Å²) in [6, 6.07) is 14.8. The predicted octanol–water partition coefficient (Wildman–Crippen LogP) is 2.68.